The molecule has 3 aromatic rings. The summed E-state index contributed by atoms with van der Waals surface area (Å²) in [6, 6.07) is 16.7. The fourth-order valence-corrected chi connectivity index (χ4v) is 3.05. The van der Waals surface area contributed by atoms with E-state index in [1.54, 1.807) is 0 Å². The Morgan fingerprint density at radius 3 is 1.94 bits per heavy atom. The van der Waals surface area contributed by atoms with Gasteiger partial charge in [0.25, 0.3) is 0 Å². The van der Waals surface area contributed by atoms with Crippen molar-refractivity contribution in [3.05, 3.63) is 48.5 Å². The summed E-state index contributed by atoms with van der Waals surface area (Å²) in [4.78, 5) is 6.06. The lowest BCUT2D eigenvalue weighted by Gasteiger charge is -2.09. The molecule has 0 radical (unpaired) electrons. The number of thioether (sulfide) groups is 1. The minimum atomic E-state index is 1.08. The van der Waals surface area contributed by atoms with E-state index in [4.69, 9.17) is 4.98 Å². The van der Waals surface area contributed by atoms with Crippen LogP contribution >= 0.6 is 11.8 Å². The van der Waals surface area contributed by atoms with E-state index in [1.165, 1.54) is 15.7 Å². The average Bonchev–Trinajstić information content (AvgIpc) is 2.39. The second kappa shape index (κ2) is 4.38. The molecule has 1 nitrogen and oxygen atoms in total. The molecule has 3 rings (SSSR count). The molecular weight excluding hydrogens is 226 g/mol. The van der Waals surface area contributed by atoms with Crippen molar-refractivity contribution in [1.29, 1.82) is 0 Å². The van der Waals surface area contributed by atoms with Crippen LogP contribution in [0.15, 0.2) is 53.4 Å². The van der Waals surface area contributed by atoms with Crippen LogP contribution in [0.2, 0.25) is 0 Å². The molecule has 0 aliphatic rings. The number of rotatable bonds is 2. The molecule has 0 saturated heterocycles. The normalized spacial score (nSPS) is 11.1. The number of fused-ring (bicyclic) bond motifs is 2. The summed E-state index contributed by atoms with van der Waals surface area (Å²) in [7, 11) is 0. The number of hydrogen-bond acceptors (Lipinski definition) is 2. The third kappa shape index (κ3) is 1.79. The third-order valence-corrected chi connectivity index (χ3v) is 3.84. The molecule has 0 spiro atoms. The van der Waals surface area contributed by atoms with Gasteiger partial charge >= 0.3 is 0 Å². The molecule has 0 amide bonds. The van der Waals surface area contributed by atoms with Crippen LogP contribution in [0.25, 0.3) is 21.8 Å². The fourth-order valence-electron chi connectivity index (χ4n) is 2.10. The highest BCUT2D eigenvalue weighted by Gasteiger charge is 2.07. The van der Waals surface area contributed by atoms with E-state index in [-0.39, 0.29) is 0 Å². The fraction of sp³-hybridized carbons (Fsp3) is 0.133. The summed E-state index contributed by atoms with van der Waals surface area (Å²) >= 11 is 1.89. The van der Waals surface area contributed by atoms with Crippen LogP contribution < -0.4 is 0 Å². The molecule has 0 atom stereocenters. The van der Waals surface area contributed by atoms with Gasteiger partial charge in [-0.3, -0.25) is 0 Å². The van der Waals surface area contributed by atoms with Gasteiger partial charge in [-0.15, -0.1) is 11.8 Å². The van der Waals surface area contributed by atoms with Crippen LogP contribution in [-0.4, -0.2) is 10.7 Å². The van der Waals surface area contributed by atoms with Crippen LogP contribution in [0.4, 0.5) is 0 Å². The van der Waals surface area contributed by atoms with Crippen molar-refractivity contribution in [2.75, 3.05) is 5.75 Å². The van der Waals surface area contributed by atoms with Crippen molar-refractivity contribution in [1.82, 2.24) is 4.98 Å². The number of para-hydroxylation sites is 2. The van der Waals surface area contributed by atoms with Crippen molar-refractivity contribution >= 4 is 33.6 Å². The topological polar surface area (TPSA) is 12.9 Å². The zero-order chi connectivity index (χ0) is 11.7. The molecule has 1 aromatic heterocycles. The first-order chi connectivity index (χ1) is 8.40. The van der Waals surface area contributed by atoms with Crippen molar-refractivity contribution < 1.29 is 0 Å². The summed E-state index contributed by atoms with van der Waals surface area (Å²) in [5.74, 6) is 1.08. The van der Waals surface area contributed by atoms with Gasteiger partial charge in [-0.25, -0.2) is 4.98 Å². The third-order valence-electron chi connectivity index (χ3n) is 2.83. The van der Waals surface area contributed by atoms with Gasteiger partial charge in [0.15, 0.2) is 0 Å². The predicted octanol–water partition coefficient (Wildman–Crippen LogP) is 4.50. The Morgan fingerprint density at radius 2 is 1.41 bits per heavy atom. The molecule has 2 aromatic carbocycles. The Labute approximate surface area is 105 Å². The van der Waals surface area contributed by atoms with Gasteiger partial charge < -0.3 is 0 Å². The predicted molar refractivity (Wildman–Crippen MR) is 75.6 cm³/mol. The van der Waals surface area contributed by atoms with Crippen LogP contribution in [0.3, 0.4) is 0 Å². The maximum Gasteiger partial charge on any atom is 0.0721 e. The van der Waals surface area contributed by atoms with E-state index in [9.17, 15) is 0 Å². The highest BCUT2D eigenvalue weighted by molar-refractivity contribution is 7.99. The first-order valence-corrected chi connectivity index (χ1v) is 6.79. The highest BCUT2D eigenvalue weighted by atomic mass is 32.2. The van der Waals surface area contributed by atoms with E-state index in [1.807, 2.05) is 23.9 Å². The maximum absolute atomic E-state index is 4.71. The van der Waals surface area contributed by atoms with E-state index in [0.29, 0.717) is 0 Å². The largest absolute Gasteiger partial charge is 0.248 e. The molecule has 0 aliphatic carbocycles. The average molecular weight is 239 g/mol. The van der Waals surface area contributed by atoms with Gasteiger partial charge in [0.2, 0.25) is 0 Å². The molecule has 0 fully saturated rings. The molecule has 1 heterocycles. The van der Waals surface area contributed by atoms with E-state index in [2.05, 4.69) is 43.3 Å². The van der Waals surface area contributed by atoms with Crippen LogP contribution in [-0.2, 0) is 0 Å². The second-order valence-electron chi connectivity index (χ2n) is 3.91. The quantitative estimate of drug-likeness (QED) is 0.482. The zero-order valence-corrected chi connectivity index (χ0v) is 10.5. The molecule has 84 valence electrons. The Balaban J connectivity index is 2.47. The SMILES string of the molecule is CCSc1c2ccccc2nc2ccccc12. The van der Waals surface area contributed by atoms with E-state index >= 15 is 0 Å². The summed E-state index contributed by atoms with van der Waals surface area (Å²) in [6.45, 7) is 2.19. The number of aromatic nitrogens is 1. The monoisotopic (exact) mass is 239 g/mol. The molecule has 17 heavy (non-hydrogen) atoms. The molecule has 0 unspecified atom stereocenters. The molecule has 0 aliphatic heterocycles. The Morgan fingerprint density at radius 1 is 0.882 bits per heavy atom. The minimum Gasteiger partial charge on any atom is -0.248 e. The number of benzene rings is 2. The molecular formula is C15H13NS. The van der Waals surface area contributed by atoms with Crippen molar-refractivity contribution in [2.24, 2.45) is 0 Å². The van der Waals surface area contributed by atoms with Gasteiger partial charge in [0.05, 0.1) is 11.0 Å². The lowest BCUT2D eigenvalue weighted by atomic mass is 10.1. The van der Waals surface area contributed by atoms with Crippen molar-refractivity contribution in [2.45, 2.75) is 11.8 Å². The smallest absolute Gasteiger partial charge is 0.0721 e. The number of nitrogens with zero attached hydrogens (tertiary/aromatic N) is 1. The summed E-state index contributed by atoms with van der Waals surface area (Å²) in [5, 5.41) is 2.52. The lowest BCUT2D eigenvalue weighted by molar-refractivity contribution is 1.44. The van der Waals surface area contributed by atoms with Crippen molar-refractivity contribution in [3.8, 4) is 0 Å². The minimum absolute atomic E-state index is 1.08. The Bertz CT molecular complexity index is 622. The van der Waals surface area contributed by atoms with E-state index in [0.717, 1.165) is 16.8 Å². The molecule has 2 heteroatoms. The summed E-state index contributed by atoms with van der Waals surface area (Å²) in [5.41, 5.74) is 2.17. The lowest BCUT2D eigenvalue weighted by Crippen LogP contribution is -1.86. The Hall–Kier alpha value is -1.54. The van der Waals surface area contributed by atoms with Gasteiger partial charge in [0.1, 0.15) is 0 Å². The van der Waals surface area contributed by atoms with Gasteiger partial charge in [-0.2, -0.15) is 0 Å². The summed E-state index contributed by atoms with van der Waals surface area (Å²) < 4.78 is 0. The van der Waals surface area contributed by atoms with Gasteiger partial charge in [-0.1, -0.05) is 43.3 Å². The first kappa shape index (κ1) is 10.6. The van der Waals surface area contributed by atoms with Crippen molar-refractivity contribution in [3.63, 3.8) is 0 Å². The van der Waals surface area contributed by atoms with E-state index < -0.39 is 0 Å². The van der Waals surface area contributed by atoms with Crippen LogP contribution in [0.5, 0.6) is 0 Å². The zero-order valence-electron chi connectivity index (χ0n) is 9.68. The van der Waals surface area contributed by atoms with Gasteiger partial charge in [0, 0.05) is 15.7 Å². The van der Waals surface area contributed by atoms with Gasteiger partial charge in [-0.05, 0) is 17.9 Å². The number of hydrogen-bond donors (Lipinski definition) is 0. The maximum atomic E-state index is 4.71. The molecule has 0 saturated carbocycles. The Kier molecular flexibility index (Phi) is 2.73. The molecule has 0 bridgehead atoms. The van der Waals surface area contributed by atoms with Crippen LogP contribution in [0, 0.1) is 0 Å². The molecule has 0 N–H and O–H groups in total. The summed E-state index contributed by atoms with van der Waals surface area (Å²) in [6.07, 6.45) is 0. The standard InChI is InChI=1S/C15H13NS/c1-2-17-15-11-7-3-5-9-13(11)16-14-10-6-4-8-12(14)15/h3-10H,2H2,1H3. The highest BCUT2D eigenvalue weighted by Crippen LogP contribution is 2.33. The second-order valence-corrected chi connectivity index (χ2v) is 5.18. The first-order valence-electron chi connectivity index (χ1n) is 5.80. The van der Waals surface area contributed by atoms with Crippen LogP contribution in [0.1, 0.15) is 6.92 Å². The number of pyridine rings is 1.